The summed E-state index contributed by atoms with van der Waals surface area (Å²) in [6.07, 6.45) is 2.09. The molecule has 0 aliphatic carbocycles. The highest BCUT2D eigenvalue weighted by atomic mass is 16.5. The molecule has 7 nitrogen and oxygen atoms in total. The minimum atomic E-state index is 0.266. The third kappa shape index (κ3) is 7.87. The molecule has 30 heavy (non-hydrogen) atoms. The Morgan fingerprint density at radius 3 is 2.73 bits per heavy atom. The van der Waals surface area contributed by atoms with Gasteiger partial charge in [-0.2, -0.15) is 0 Å². The number of guanidine groups is 1. The number of morpholine rings is 1. The largest absolute Gasteiger partial charge is 0.381 e. The second-order valence-corrected chi connectivity index (χ2v) is 7.88. The highest BCUT2D eigenvalue weighted by Gasteiger charge is 2.22. The van der Waals surface area contributed by atoms with Gasteiger partial charge in [-0.1, -0.05) is 30.3 Å². The molecule has 2 atom stereocenters. The number of nitrogens with one attached hydrogen (secondary N) is 2. The minimum Gasteiger partial charge on any atom is -0.381 e. The van der Waals surface area contributed by atoms with Crippen molar-refractivity contribution in [2.75, 3.05) is 72.4 Å². The summed E-state index contributed by atoms with van der Waals surface area (Å²) in [5, 5.41) is 6.82. The lowest BCUT2D eigenvalue weighted by molar-refractivity contribution is 0.0179. The molecule has 3 rings (SSSR count). The summed E-state index contributed by atoms with van der Waals surface area (Å²) in [5.41, 5.74) is 1.31. The van der Waals surface area contributed by atoms with Gasteiger partial charge in [0.15, 0.2) is 5.96 Å². The molecule has 2 aliphatic rings. The first-order valence-electron chi connectivity index (χ1n) is 11.4. The van der Waals surface area contributed by atoms with Gasteiger partial charge in [0.1, 0.15) is 0 Å². The topological polar surface area (TPSA) is 67.4 Å². The average molecular weight is 419 g/mol. The van der Waals surface area contributed by atoms with Gasteiger partial charge in [0.2, 0.25) is 0 Å². The normalized spacial score (nSPS) is 21.5. The van der Waals surface area contributed by atoms with E-state index in [1.54, 1.807) is 0 Å². The maximum absolute atomic E-state index is 5.80. The number of benzene rings is 1. The van der Waals surface area contributed by atoms with E-state index in [0.29, 0.717) is 5.92 Å². The molecular formula is C23H38N4O3. The van der Waals surface area contributed by atoms with Crippen LogP contribution in [0.15, 0.2) is 35.3 Å². The molecule has 2 heterocycles. The Kier molecular flexibility index (Phi) is 10.4. The van der Waals surface area contributed by atoms with Gasteiger partial charge in [-0.05, 0) is 25.3 Å². The van der Waals surface area contributed by atoms with Crippen molar-refractivity contribution in [1.82, 2.24) is 15.5 Å². The molecule has 0 aromatic heterocycles. The molecule has 0 amide bonds. The van der Waals surface area contributed by atoms with Crippen LogP contribution in [0.5, 0.6) is 0 Å². The van der Waals surface area contributed by atoms with Crippen LogP contribution in [-0.2, 0) is 14.2 Å². The van der Waals surface area contributed by atoms with Gasteiger partial charge in [-0.3, -0.25) is 9.89 Å². The summed E-state index contributed by atoms with van der Waals surface area (Å²) < 4.78 is 16.7. The van der Waals surface area contributed by atoms with Crippen molar-refractivity contribution in [3.05, 3.63) is 35.9 Å². The van der Waals surface area contributed by atoms with Gasteiger partial charge in [0.05, 0.1) is 39.0 Å². The standard InChI is InChI=1S/C23H38N4O3/c1-2-24-23(25-10-6-13-29-18-20-9-14-30-19-20)26-17-22(21-7-4-3-5-8-21)27-11-15-28-16-12-27/h3-5,7-8,20,22H,2,6,9-19H2,1H3,(H2,24,25,26). The van der Waals surface area contributed by atoms with Gasteiger partial charge in [-0.25, -0.2) is 0 Å². The summed E-state index contributed by atoms with van der Waals surface area (Å²) in [6, 6.07) is 10.9. The first-order valence-corrected chi connectivity index (χ1v) is 11.4. The molecule has 2 N–H and O–H groups in total. The Morgan fingerprint density at radius 2 is 2.00 bits per heavy atom. The number of aliphatic imine (C=N–C) groups is 1. The Labute approximate surface area is 181 Å². The SMILES string of the molecule is CCNC(=NCC(c1ccccc1)N1CCOCC1)NCCCOCC1CCOC1. The van der Waals surface area contributed by atoms with Crippen LogP contribution in [0.1, 0.15) is 31.4 Å². The number of rotatable bonds is 11. The molecule has 2 saturated heterocycles. The molecule has 1 aromatic rings. The van der Waals surface area contributed by atoms with Crippen LogP contribution in [0.4, 0.5) is 0 Å². The Morgan fingerprint density at radius 1 is 1.17 bits per heavy atom. The van der Waals surface area contributed by atoms with Crippen molar-refractivity contribution >= 4 is 5.96 Å². The van der Waals surface area contributed by atoms with Gasteiger partial charge in [-0.15, -0.1) is 0 Å². The lowest BCUT2D eigenvalue weighted by Gasteiger charge is -2.34. The number of hydrogen-bond acceptors (Lipinski definition) is 5. The number of ether oxygens (including phenoxy) is 3. The molecule has 168 valence electrons. The van der Waals surface area contributed by atoms with Crippen LogP contribution in [0.2, 0.25) is 0 Å². The van der Waals surface area contributed by atoms with E-state index in [1.165, 1.54) is 5.56 Å². The smallest absolute Gasteiger partial charge is 0.191 e. The van der Waals surface area contributed by atoms with Gasteiger partial charge in [0, 0.05) is 45.3 Å². The van der Waals surface area contributed by atoms with Crippen molar-refractivity contribution in [3.8, 4) is 0 Å². The third-order valence-corrected chi connectivity index (χ3v) is 5.57. The molecule has 0 saturated carbocycles. The van der Waals surface area contributed by atoms with Gasteiger partial charge < -0.3 is 24.8 Å². The van der Waals surface area contributed by atoms with Gasteiger partial charge in [0.25, 0.3) is 0 Å². The monoisotopic (exact) mass is 418 g/mol. The quantitative estimate of drug-likeness (QED) is 0.326. The minimum absolute atomic E-state index is 0.266. The summed E-state index contributed by atoms with van der Waals surface area (Å²) in [4.78, 5) is 7.38. The molecule has 0 spiro atoms. The Bertz CT molecular complexity index is 602. The summed E-state index contributed by atoms with van der Waals surface area (Å²) in [5.74, 6) is 1.45. The first-order chi connectivity index (χ1) is 14.9. The van der Waals surface area contributed by atoms with Crippen molar-refractivity contribution < 1.29 is 14.2 Å². The molecule has 2 unspecified atom stereocenters. The number of nitrogens with zero attached hydrogens (tertiary/aromatic N) is 2. The maximum Gasteiger partial charge on any atom is 0.191 e. The zero-order chi connectivity index (χ0) is 20.9. The molecule has 2 aliphatic heterocycles. The van der Waals surface area contributed by atoms with Crippen molar-refractivity contribution in [2.45, 2.75) is 25.8 Å². The van der Waals surface area contributed by atoms with E-state index in [1.807, 2.05) is 0 Å². The predicted molar refractivity (Wildman–Crippen MR) is 120 cm³/mol. The average Bonchev–Trinajstić information content (AvgIpc) is 3.31. The third-order valence-electron chi connectivity index (χ3n) is 5.57. The zero-order valence-corrected chi connectivity index (χ0v) is 18.4. The molecule has 0 bridgehead atoms. The van der Waals surface area contributed by atoms with E-state index in [9.17, 15) is 0 Å². The van der Waals surface area contributed by atoms with Crippen LogP contribution >= 0.6 is 0 Å². The van der Waals surface area contributed by atoms with Crippen molar-refractivity contribution in [3.63, 3.8) is 0 Å². The number of hydrogen-bond donors (Lipinski definition) is 2. The van der Waals surface area contributed by atoms with Crippen molar-refractivity contribution in [1.29, 1.82) is 0 Å². The van der Waals surface area contributed by atoms with Crippen LogP contribution in [0.3, 0.4) is 0 Å². The molecule has 2 fully saturated rings. The second-order valence-electron chi connectivity index (χ2n) is 7.88. The maximum atomic E-state index is 5.80. The van der Waals surface area contributed by atoms with Crippen LogP contribution in [0, 0.1) is 5.92 Å². The lowest BCUT2D eigenvalue weighted by atomic mass is 10.1. The lowest BCUT2D eigenvalue weighted by Crippen LogP contribution is -2.42. The molecule has 7 heteroatoms. The Hall–Kier alpha value is -1.67. The fourth-order valence-electron chi connectivity index (χ4n) is 3.86. The van der Waals surface area contributed by atoms with Gasteiger partial charge >= 0.3 is 0 Å². The van der Waals surface area contributed by atoms with E-state index in [0.717, 1.165) is 91.2 Å². The van der Waals surface area contributed by atoms with Crippen molar-refractivity contribution in [2.24, 2.45) is 10.9 Å². The van der Waals surface area contributed by atoms with Crippen LogP contribution in [-0.4, -0.2) is 83.2 Å². The summed E-state index contributed by atoms with van der Waals surface area (Å²) >= 11 is 0. The second kappa shape index (κ2) is 13.6. The Balaban J connectivity index is 1.46. The highest BCUT2D eigenvalue weighted by molar-refractivity contribution is 5.79. The van der Waals surface area contributed by atoms with E-state index >= 15 is 0 Å². The van der Waals surface area contributed by atoms with Crippen LogP contribution in [0.25, 0.3) is 0 Å². The fourth-order valence-corrected chi connectivity index (χ4v) is 3.86. The molecular weight excluding hydrogens is 380 g/mol. The predicted octanol–water partition coefficient (Wildman–Crippen LogP) is 2.06. The fraction of sp³-hybridized carbons (Fsp3) is 0.696. The summed E-state index contributed by atoms with van der Waals surface area (Å²) in [6.45, 7) is 11.3. The zero-order valence-electron chi connectivity index (χ0n) is 18.4. The highest BCUT2D eigenvalue weighted by Crippen LogP contribution is 2.22. The van der Waals surface area contributed by atoms with E-state index < -0.39 is 0 Å². The molecule has 1 aromatic carbocycles. The van der Waals surface area contributed by atoms with E-state index in [-0.39, 0.29) is 6.04 Å². The molecule has 0 radical (unpaired) electrons. The summed E-state index contributed by atoms with van der Waals surface area (Å²) in [7, 11) is 0. The van der Waals surface area contributed by atoms with E-state index in [4.69, 9.17) is 19.2 Å². The van der Waals surface area contributed by atoms with E-state index in [2.05, 4.69) is 52.8 Å². The van der Waals surface area contributed by atoms with Crippen LogP contribution < -0.4 is 10.6 Å². The first kappa shape index (κ1) is 23.0.